The second-order valence-electron chi connectivity index (χ2n) is 9.65. The molecule has 8 nitrogen and oxygen atoms in total. The third-order valence-electron chi connectivity index (χ3n) is 7.23. The molecule has 5 rings (SSSR count). The molecule has 2 heterocycles. The number of hydrogen-bond acceptors (Lipinski definition) is 5. The molecule has 3 aromatic rings. The Hall–Kier alpha value is -3.62. The number of aromatic amines is 1. The summed E-state index contributed by atoms with van der Waals surface area (Å²) < 4.78 is 6.17. The van der Waals surface area contributed by atoms with E-state index >= 15 is 0 Å². The number of aliphatic hydroxyl groups excluding tert-OH is 2. The molecule has 37 heavy (non-hydrogen) atoms. The van der Waals surface area contributed by atoms with Gasteiger partial charge in [0, 0.05) is 48.3 Å². The number of H-pyrrole nitrogens is 1. The Balaban J connectivity index is 1.48. The first-order chi connectivity index (χ1) is 18.0. The maximum absolute atomic E-state index is 13.3. The number of aromatic nitrogens is 1. The smallest absolute Gasteiger partial charge is 0.247 e. The molecule has 0 saturated carbocycles. The first-order valence-corrected chi connectivity index (χ1v) is 12.9. The third kappa shape index (κ3) is 4.86. The Bertz CT molecular complexity index is 1280. The summed E-state index contributed by atoms with van der Waals surface area (Å²) in [7, 11) is 0. The van der Waals surface area contributed by atoms with Crippen molar-refractivity contribution in [3.63, 3.8) is 0 Å². The van der Waals surface area contributed by atoms with Crippen molar-refractivity contribution < 1.29 is 24.5 Å². The predicted molar refractivity (Wildman–Crippen MR) is 140 cm³/mol. The summed E-state index contributed by atoms with van der Waals surface area (Å²) in [6.45, 7) is 2.25. The first-order valence-electron chi connectivity index (χ1n) is 12.9. The Morgan fingerprint density at radius 1 is 1.14 bits per heavy atom. The number of rotatable bonds is 9. The number of nitrogens with zero attached hydrogens (tertiary/aromatic N) is 1. The highest BCUT2D eigenvalue weighted by Crippen LogP contribution is 2.47. The number of fused-ring (bicyclic) bond motifs is 4. The van der Waals surface area contributed by atoms with E-state index in [1.165, 1.54) is 0 Å². The highest BCUT2D eigenvalue weighted by atomic mass is 16.5. The average Bonchev–Trinajstić information content (AvgIpc) is 3.50. The second-order valence-corrected chi connectivity index (χ2v) is 9.65. The van der Waals surface area contributed by atoms with Crippen molar-refractivity contribution in [2.24, 2.45) is 0 Å². The number of para-hydroxylation sites is 2. The first kappa shape index (κ1) is 25.0. The number of carbonyl (C=O) groups excluding carboxylic acids is 2. The van der Waals surface area contributed by atoms with Crippen LogP contribution in [0.25, 0.3) is 10.9 Å². The van der Waals surface area contributed by atoms with E-state index < -0.39 is 24.2 Å². The molecule has 2 amide bonds. The number of benzene rings is 2. The molecule has 8 heteroatoms. The second kappa shape index (κ2) is 10.8. The lowest BCUT2D eigenvalue weighted by atomic mass is 9.77. The maximum Gasteiger partial charge on any atom is 0.247 e. The van der Waals surface area contributed by atoms with Gasteiger partial charge in [-0.2, -0.15) is 0 Å². The molecule has 4 unspecified atom stereocenters. The average molecular weight is 504 g/mol. The van der Waals surface area contributed by atoms with Crippen LogP contribution >= 0.6 is 0 Å². The fourth-order valence-corrected chi connectivity index (χ4v) is 5.50. The van der Waals surface area contributed by atoms with Gasteiger partial charge >= 0.3 is 0 Å². The molecule has 2 aromatic carbocycles. The van der Waals surface area contributed by atoms with Gasteiger partial charge in [-0.25, -0.2) is 0 Å². The molecule has 0 fully saturated rings. The maximum atomic E-state index is 13.3. The fraction of sp³-hybridized carbons (Fsp3) is 0.379. The van der Waals surface area contributed by atoms with Gasteiger partial charge in [0.2, 0.25) is 11.8 Å². The zero-order valence-electron chi connectivity index (χ0n) is 20.9. The quantitative estimate of drug-likeness (QED) is 0.359. The van der Waals surface area contributed by atoms with Crippen LogP contribution in [0.15, 0.2) is 66.2 Å². The highest BCUT2D eigenvalue weighted by molar-refractivity contribution is 5.96. The minimum atomic E-state index is -1.02. The lowest BCUT2D eigenvalue weighted by Gasteiger charge is -2.40. The summed E-state index contributed by atoms with van der Waals surface area (Å²) in [6, 6.07) is 16.8. The normalized spacial score (nSPS) is 22.1. The van der Waals surface area contributed by atoms with Gasteiger partial charge in [-0.05, 0) is 36.1 Å². The molecular formula is C29H33N3O5. The van der Waals surface area contributed by atoms with E-state index in [4.69, 9.17) is 4.74 Å². The number of amides is 2. The van der Waals surface area contributed by atoms with Gasteiger partial charge < -0.3 is 30.2 Å². The summed E-state index contributed by atoms with van der Waals surface area (Å²) in [4.78, 5) is 31.7. The Kier molecular flexibility index (Phi) is 7.30. The van der Waals surface area contributed by atoms with Gasteiger partial charge in [0.05, 0.1) is 18.6 Å². The van der Waals surface area contributed by atoms with Crippen molar-refractivity contribution in [3.8, 4) is 5.75 Å². The van der Waals surface area contributed by atoms with Crippen LogP contribution in [0, 0.1) is 0 Å². The molecule has 2 aliphatic rings. The third-order valence-corrected chi connectivity index (χ3v) is 7.23. The molecule has 1 aromatic heterocycles. The lowest BCUT2D eigenvalue weighted by Crippen LogP contribution is -2.56. The van der Waals surface area contributed by atoms with Crippen molar-refractivity contribution in [1.29, 1.82) is 0 Å². The molecular weight excluding hydrogens is 470 g/mol. The number of aliphatic hydroxyl groups is 2. The van der Waals surface area contributed by atoms with Crippen LogP contribution < -0.4 is 10.1 Å². The molecule has 4 atom stereocenters. The molecule has 0 spiro atoms. The summed E-state index contributed by atoms with van der Waals surface area (Å²) in [5.74, 6) is -0.247. The Morgan fingerprint density at radius 2 is 1.92 bits per heavy atom. The van der Waals surface area contributed by atoms with Gasteiger partial charge in [-0.1, -0.05) is 43.3 Å². The van der Waals surface area contributed by atoms with Crippen LogP contribution in [0.4, 0.5) is 0 Å². The van der Waals surface area contributed by atoms with Crippen molar-refractivity contribution in [1.82, 2.24) is 15.2 Å². The SMILES string of the molecule is CCCC(=O)N(CCc1cc2ccccc2[nH]1)C1C=C(C(=O)NCCO)C2c3ccccc3OC2C1O. The predicted octanol–water partition coefficient (Wildman–Crippen LogP) is 2.66. The van der Waals surface area contributed by atoms with E-state index in [0.717, 1.165) is 22.2 Å². The number of nitrogens with one attached hydrogen (secondary N) is 2. The van der Waals surface area contributed by atoms with E-state index in [2.05, 4.69) is 16.4 Å². The van der Waals surface area contributed by atoms with Crippen molar-refractivity contribution >= 4 is 22.7 Å². The summed E-state index contributed by atoms with van der Waals surface area (Å²) in [6.07, 6.45) is 1.59. The molecule has 194 valence electrons. The van der Waals surface area contributed by atoms with Crippen molar-refractivity contribution in [2.75, 3.05) is 19.7 Å². The zero-order chi connectivity index (χ0) is 25.9. The van der Waals surface area contributed by atoms with E-state index in [1.54, 1.807) is 11.0 Å². The largest absolute Gasteiger partial charge is 0.486 e. The standard InChI is InChI=1S/C29H33N3O5/c1-2-7-25(34)32(14-12-19-16-18-8-3-5-10-22(18)31-19)23-17-21(29(36)30-13-15-33)26-20-9-4-6-11-24(20)37-28(26)27(23)35/h3-6,8-11,16-17,23,26-28,31,33,35H,2,7,12-15H2,1H3,(H,30,36). The van der Waals surface area contributed by atoms with Crippen LogP contribution in [-0.2, 0) is 16.0 Å². The van der Waals surface area contributed by atoms with E-state index in [1.807, 2.05) is 55.5 Å². The molecule has 0 bridgehead atoms. The van der Waals surface area contributed by atoms with Crippen LogP contribution in [0.3, 0.4) is 0 Å². The topological polar surface area (TPSA) is 115 Å². The van der Waals surface area contributed by atoms with E-state index in [9.17, 15) is 19.8 Å². The summed E-state index contributed by atoms with van der Waals surface area (Å²) in [5, 5.41) is 24.6. The van der Waals surface area contributed by atoms with Gasteiger partial charge in [0.1, 0.15) is 18.0 Å². The molecule has 1 aliphatic carbocycles. The lowest BCUT2D eigenvalue weighted by molar-refractivity contribution is -0.137. The molecule has 1 aliphatic heterocycles. The molecule has 4 N–H and O–H groups in total. The van der Waals surface area contributed by atoms with Crippen LogP contribution in [0.2, 0.25) is 0 Å². The monoisotopic (exact) mass is 503 g/mol. The highest BCUT2D eigenvalue weighted by Gasteiger charge is 2.50. The minimum Gasteiger partial charge on any atom is -0.486 e. The molecule has 0 saturated heterocycles. The number of hydrogen-bond donors (Lipinski definition) is 4. The van der Waals surface area contributed by atoms with Crippen molar-refractivity contribution in [3.05, 3.63) is 77.5 Å². The minimum absolute atomic E-state index is 0.0806. The van der Waals surface area contributed by atoms with Gasteiger partial charge in [-0.15, -0.1) is 0 Å². The summed E-state index contributed by atoms with van der Waals surface area (Å²) in [5.41, 5.74) is 3.30. The Labute approximate surface area is 215 Å². The van der Waals surface area contributed by atoms with Gasteiger partial charge in [0.25, 0.3) is 0 Å². The van der Waals surface area contributed by atoms with E-state index in [0.29, 0.717) is 37.1 Å². The van der Waals surface area contributed by atoms with Crippen LogP contribution in [0.1, 0.15) is 36.9 Å². The summed E-state index contributed by atoms with van der Waals surface area (Å²) >= 11 is 0. The molecule has 0 radical (unpaired) electrons. The van der Waals surface area contributed by atoms with Crippen LogP contribution in [0.5, 0.6) is 5.75 Å². The van der Waals surface area contributed by atoms with E-state index in [-0.39, 0.29) is 25.0 Å². The Morgan fingerprint density at radius 3 is 2.70 bits per heavy atom. The zero-order valence-corrected chi connectivity index (χ0v) is 20.9. The van der Waals surface area contributed by atoms with Crippen molar-refractivity contribution in [2.45, 2.75) is 50.4 Å². The number of ether oxygens (including phenoxy) is 1. The van der Waals surface area contributed by atoms with Crippen LogP contribution in [-0.4, -0.2) is 69.9 Å². The fourth-order valence-electron chi connectivity index (χ4n) is 5.50. The van der Waals surface area contributed by atoms with Gasteiger partial charge in [0.15, 0.2) is 0 Å². The van der Waals surface area contributed by atoms with Gasteiger partial charge in [-0.3, -0.25) is 9.59 Å². The number of carbonyl (C=O) groups is 2.